The molecule has 0 bridgehead atoms. The van der Waals surface area contributed by atoms with Crippen LogP contribution in [0.3, 0.4) is 0 Å². The lowest BCUT2D eigenvalue weighted by Gasteiger charge is -2.35. The van der Waals surface area contributed by atoms with Gasteiger partial charge in [-0.1, -0.05) is 44.2 Å². The molecule has 2 aromatic rings. The number of amides is 2. The summed E-state index contributed by atoms with van der Waals surface area (Å²) in [5, 5.41) is 5.56. The number of carbonyl (C=O) groups is 2. The van der Waals surface area contributed by atoms with E-state index in [1.54, 1.807) is 6.07 Å². The van der Waals surface area contributed by atoms with E-state index in [9.17, 15) is 9.59 Å². The number of hydrogen-bond acceptors (Lipinski definition) is 3. The Balaban J connectivity index is 1.41. The lowest BCUT2D eigenvalue weighted by Crippen LogP contribution is -2.38. The molecule has 3 rings (SSSR count). The molecule has 2 N–H and O–H groups in total. The van der Waals surface area contributed by atoms with E-state index in [1.807, 2.05) is 26.0 Å². The van der Waals surface area contributed by atoms with E-state index in [0.717, 1.165) is 48.2 Å². The summed E-state index contributed by atoms with van der Waals surface area (Å²) in [5.74, 6) is 1.09. The van der Waals surface area contributed by atoms with Gasteiger partial charge in [0.15, 0.2) is 0 Å². The molecular formula is C26H35N3O2. The van der Waals surface area contributed by atoms with Crippen molar-refractivity contribution in [3.05, 3.63) is 70.3 Å². The number of benzene rings is 2. The second-order valence-electron chi connectivity index (χ2n) is 9.22. The Kier molecular flexibility index (Phi) is 7.85. The van der Waals surface area contributed by atoms with Gasteiger partial charge in [0.1, 0.15) is 0 Å². The van der Waals surface area contributed by atoms with E-state index >= 15 is 0 Å². The molecule has 0 radical (unpaired) electrons. The van der Waals surface area contributed by atoms with Crippen LogP contribution >= 0.6 is 0 Å². The van der Waals surface area contributed by atoms with Crippen molar-refractivity contribution >= 4 is 11.8 Å². The molecular weight excluding hydrogens is 386 g/mol. The van der Waals surface area contributed by atoms with Crippen molar-refractivity contribution < 1.29 is 9.59 Å². The zero-order valence-corrected chi connectivity index (χ0v) is 19.2. The van der Waals surface area contributed by atoms with Gasteiger partial charge >= 0.3 is 0 Å². The van der Waals surface area contributed by atoms with E-state index in [2.05, 4.69) is 53.6 Å². The molecule has 0 aliphatic carbocycles. The predicted octanol–water partition coefficient (Wildman–Crippen LogP) is 3.83. The molecule has 166 valence electrons. The highest BCUT2D eigenvalue weighted by atomic mass is 16.2. The van der Waals surface area contributed by atoms with Crippen molar-refractivity contribution in [3.8, 4) is 0 Å². The largest absolute Gasteiger partial charge is 0.350 e. The molecule has 2 amide bonds. The van der Waals surface area contributed by atoms with Gasteiger partial charge in [0, 0.05) is 31.7 Å². The number of nitrogens with one attached hydrogen (secondary N) is 2. The summed E-state index contributed by atoms with van der Waals surface area (Å²) in [6, 6.07) is 14.0. The number of carbonyl (C=O) groups excluding carboxylic acids is 2. The van der Waals surface area contributed by atoms with Gasteiger partial charge in [-0.2, -0.15) is 0 Å². The maximum atomic E-state index is 12.2. The second kappa shape index (κ2) is 10.6. The van der Waals surface area contributed by atoms with E-state index in [0.29, 0.717) is 12.1 Å². The first-order valence-electron chi connectivity index (χ1n) is 11.2. The SMILES string of the molecule is Cc1ccc(C(=O)NCC(=O)NCc2ccc(CN3CC(C)CC(C)C3)cc2)cc1C. The topological polar surface area (TPSA) is 61.4 Å². The van der Waals surface area contributed by atoms with Gasteiger partial charge < -0.3 is 10.6 Å². The number of rotatable bonds is 7. The lowest BCUT2D eigenvalue weighted by molar-refractivity contribution is -0.120. The Bertz CT molecular complexity index is 897. The van der Waals surface area contributed by atoms with Crippen molar-refractivity contribution in [2.24, 2.45) is 11.8 Å². The fraction of sp³-hybridized carbons (Fsp3) is 0.462. The van der Waals surface area contributed by atoms with Crippen molar-refractivity contribution in [2.75, 3.05) is 19.6 Å². The van der Waals surface area contributed by atoms with Gasteiger partial charge in [-0.15, -0.1) is 0 Å². The van der Waals surface area contributed by atoms with Crippen LogP contribution < -0.4 is 10.6 Å². The summed E-state index contributed by atoms with van der Waals surface area (Å²) in [6.07, 6.45) is 1.32. The highest BCUT2D eigenvalue weighted by Crippen LogP contribution is 2.22. The fourth-order valence-electron chi connectivity index (χ4n) is 4.35. The second-order valence-corrected chi connectivity index (χ2v) is 9.22. The summed E-state index contributed by atoms with van der Waals surface area (Å²) >= 11 is 0. The van der Waals surface area contributed by atoms with Gasteiger partial charge in [0.05, 0.1) is 6.54 Å². The van der Waals surface area contributed by atoms with Gasteiger partial charge in [-0.05, 0) is 66.5 Å². The Labute approximate surface area is 186 Å². The average Bonchev–Trinajstić information content (AvgIpc) is 2.72. The van der Waals surface area contributed by atoms with Crippen LogP contribution in [0.25, 0.3) is 0 Å². The van der Waals surface area contributed by atoms with Gasteiger partial charge in [-0.3, -0.25) is 14.5 Å². The summed E-state index contributed by atoms with van der Waals surface area (Å²) < 4.78 is 0. The maximum Gasteiger partial charge on any atom is 0.251 e. The molecule has 2 atom stereocenters. The van der Waals surface area contributed by atoms with Crippen LogP contribution in [0.1, 0.15) is 52.9 Å². The third-order valence-corrected chi connectivity index (χ3v) is 6.04. The minimum absolute atomic E-state index is 0.0326. The van der Waals surface area contributed by atoms with Crippen LogP contribution in [0.4, 0.5) is 0 Å². The van der Waals surface area contributed by atoms with Crippen LogP contribution in [0.2, 0.25) is 0 Å². The van der Waals surface area contributed by atoms with Crippen LogP contribution in [0.5, 0.6) is 0 Å². The first-order valence-corrected chi connectivity index (χ1v) is 11.2. The molecule has 0 spiro atoms. The summed E-state index contributed by atoms with van der Waals surface area (Å²) in [6.45, 7) is 12.4. The molecule has 31 heavy (non-hydrogen) atoms. The number of aryl methyl sites for hydroxylation is 2. The predicted molar refractivity (Wildman–Crippen MR) is 125 cm³/mol. The van der Waals surface area contributed by atoms with Crippen LogP contribution in [-0.2, 0) is 17.9 Å². The summed E-state index contributed by atoms with van der Waals surface area (Å²) in [4.78, 5) is 26.9. The monoisotopic (exact) mass is 421 g/mol. The molecule has 1 heterocycles. The van der Waals surface area contributed by atoms with Gasteiger partial charge in [0.25, 0.3) is 5.91 Å². The zero-order valence-electron chi connectivity index (χ0n) is 19.2. The highest BCUT2D eigenvalue weighted by molar-refractivity contribution is 5.96. The Morgan fingerprint density at radius 2 is 1.55 bits per heavy atom. The quantitative estimate of drug-likeness (QED) is 0.714. The Morgan fingerprint density at radius 3 is 2.19 bits per heavy atom. The number of hydrogen-bond donors (Lipinski definition) is 2. The molecule has 0 aromatic heterocycles. The molecule has 1 aliphatic heterocycles. The number of likely N-dealkylation sites (tertiary alicyclic amines) is 1. The molecule has 2 unspecified atom stereocenters. The first-order chi connectivity index (χ1) is 14.8. The van der Waals surface area contributed by atoms with E-state index in [4.69, 9.17) is 0 Å². The Hall–Kier alpha value is -2.66. The molecule has 5 heteroatoms. The molecule has 1 saturated heterocycles. The van der Waals surface area contributed by atoms with E-state index in [-0.39, 0.29) is 18.4 Å². The van der Waals surface area contributed by atoms with Crippen molar-refractivity contribution in [1.82, 2.24) is 15.5 Å². The van der Waals surface area contributed by atoms with Crippen molar-refractivity contribution in [3.63, 3.8) is 0 Å². The van der Waals surface area contributed by atoms with Crippen LogP contribution in [-0.4, -0.2) is 36.3 Å². The average molecular weight is 422 g/mol. The van der Waals surface area contributed by atoms with Crippen molar-refractivity contribution in [1.29, 1.82) is 0 Å². The Morgan fingerprint density at radius 1 is 0.903 bits per heavy atom. The van der Waals surface area contributed by atoms with Gasteiger partial charge in [0.2, 0.25) is 5.91 Å². The summed E-state index contributed by atoms with van der Waals surface area (Å²) in [5.41, 5.74) is 5.13. The zero-order chi connectivity index (χ0) is 22.4. The molecule has 1 fully saturated rings. The molecule has 0 saturated carbocycles. The normalized spacial score (nSPS) is 19.1. The fourth-order valence-corrected chi connectivity index (χ4v) is 4.35. The van der Waals surface area contributed by atoms with E-state index < -0.39 is 0 Å². The molecule has 5 nitrogen and oxygen atoms in total. The van der Waals surface area contributed by atoms with Crippen LogP contribution in [0, 0.1) is 25.7 Å². The van der Waals surface area contributed by atoms with E-state index in [1.165, 1.54) is 12.0 Å². The number of nitrogens with zero attached hydrogens (tertiary/aromatic N) is 1. The standard InChI is InChI=1S/C26H35N3O2/c1-18-11-19(2)16-29(15-18)17-23-8-6-22(7-9-23)13-27-25(30)14-28-26(31)24-10-5-20(3)21(4)12-24/h5-10,12,18-19H,11,13-17H2,1-4H3,(H,27,30)(H,28,31). The lowest BCUT2D eigenvalue weighted by atomic mass is 9.91. The van der Waals surface area contributed by atoms with Crippen molar-refractivity contribution in [2.45, 2.75) is 47.2 Å². The van der Waals surface area contributed by atoms with Gasteiger partial charge in [-0.25, -0.2) is 0 Å². The van der Waals surface area contributed by atoms with Crippen LogP contribution in [0.15, 0.2) is 42.5 Å². The maximum absolute atomic E-state index is 12.2. The third-order valence-electron chi connectivity index (χ3n) is 6.04. The summed E-state index contributed by atoms with van der Waals surface area (Å²) in [7, 11) is 0. The minimum Gasteiger partial charge on any atom is -0.350 e. The first kappa shape index (κ1) is 23.0. The molecule has 1 aliphatic rings. The minimum atomic E-state index is -0.232. The smallest absolute Gasteiger partial charge is 0.251 e. The highest BCUT2D eigenvalue weighted by Gasteiger charge is 2.21. The number of piperidine rings is 1. The molecule has 2 aromatic carbocycles. The third kappa shape index (κ3) is 6.93.